The van der Waals surface area contributed by atoms with Gasteiger partial charge in [0.15, 0.2) is 0 Å². The van der Waals surface area contributed by atoms with Crippen LogP contribution in [0.5, 0.6) is 0 Å². The first-order chi connectivity index (χ1) is 12.4. The van der Waals surface area contributed by atoms with E-state index in [1.54, 1.807) is 18.2 Å². The molecule has 0 aliphatic heterocycles. The number of hydrogen-bond donors (Lipinski definition) is 2. The summed E-state index contributed by atoms with van der Waals surface area (Å²) in [6, 6.07) is 10.8. The van der Waals surface area contributed by atoms with Crippen molar-refractivity contribution in [1.29, 1.82) is 0 Å². The molecule has 0 unspecified atom stereocenters. The standard InChI is InChI=1S/C19H16Cl2N4O/c1-11-3-5-15(7-12(11)2)24-18(26)13-9-22-19(23-10-13)25-17-6-4-14(20)8-16(17)21/h3-10H,1-2H3,(H,24,26)(H,22,23,25). The van der Waals surface area contributed by atoms with E-state index in [0.717, 1.165) is 11.3 Å². The van der Waals surface area contributed by atoms with Crippen LogP contribution in [0, 0.1) is 13.8 Å². The Bertz CT molecular complexity index is 958. The first-order valence-electron chi connectivity index (χ1n) is 7.85. The molecule has 2 N–H and O–H groups in total. The molecule has 0 spiro atoms. The molecule has 0 atom stereocenters. The second-order valence-electron chi connectivity index (χ2n) is 5.80. The van der Waals surface area contributed by atoms with Crippen molar-refractivity contribution in [2.75, 3.05) is 10.6 Å². The van der Waals surface area contributed by atoms with Gasteiger partial charge in [0.05, 0.1) is 16.3 Å². The van der Waals surface area contributed by atoms with E-state index in [4.69, 9.17) is 23.2 Å². The summed E-state index contributed by atoms with van der Waals surface area (Å²) >= 11 is 12.0. The molecule has 2 aromatic carbocycles. The minimum Gasteiger partial charge on any atom is -0.323 e. The van der Waals surface area contributed by atoms with Gasteiger partial charge < -0.3 is 10.6 Å². The highest BCUT2D eigenvalue weighted by atomic mass is 35.5. The Morgan fingerprint density at radius 1 is 0.962 bits per heavy atom. The summed E-state index contributed by atoms with van der Waals surface area (Å²) in [5.74, 6) is 0.0567. The van der Waals surface area contributed by atoms with Crippen molar-refractivity contribution in [2.45, 2.75) is 13.8 Å². The summed E-state index contributed by atoms with van der Waals surface area (Å²) in [5.41, 5.74) is 3.99. The summed E-state index contributed by atoms with van der Waals surface area (Å²) in [5, 5.41) is 6.82. The van der Waals surface area contributed by atoms with Crippen molar-refractivity contribution in [3.63, 3.8) is 0 Å². The molecule has 5 nitrogen and oxygen atoms in total. The number of aryl methyl sites for hydroxylation is 2. The van der Waals surface area contributed by atoms with Crippen LogP contribution in [0.2, 0.25) is 10.0 Å². The summed E-state index contributed by atoms with van der Waals surface area (Å²) in [6.45, 7) is 4.02. The lowest BCUT2D eigenvalue weighted by Crippen LogP contribution is -2.13. The minimum absolute atomic E-state index is 0.274. The third-order valence-corrected chi connectivity index (χ3v) is 4.40. The molecule has 132 valence electrons. The Morgan fingerprint density at radius 2 is 1.69 bits per heavy atom. The molecule has 1 amide bonds. The van der Waals surface area contributed by atoms with E-state index in [9.17, 15) is 4.79 Å². The summed E-state index contributed by atoms with van der Waals surface area (Å²) in [6.07, 6.45) is 2.91. The highest BCUT2D eigenvalue weighted by molar-refractivity contribution is 6.36. The highest BCUT2D eigenvalue weighted by Gasteiger charge is 2.09. The predicted octanol–water partition coefficient (Wildman–Crippen LogP) is 5.40. The maximum absolute atomic E-state index is 12.3. The second kappa shape index (κ2) is 7.72. The molecular formula is C19H16Cl2N4O. The fourth-order valence-corrected chi connectivity index (χ4v) is 2.70. The third-order valence-electron chi connectivity index (χ3n) is 3.86. The Labute approximate surface area is 161 Å². The first kappa shape index (κ1) is 18.2. The number of benzene rings is 2. The molecule has 0 aliphatic carbocycles. The lowest BCUT2D eigenvalue weighted by atomic mass is 10.1. The molecule has 0 bridgehead atoms. The number of aromatic nitrogens is 2. The average molecular weight is 387 g/mol. The number of nitrogens with one attached hydrogen (secondary N) is 2. The van der Waals surface area contributed by atoms with E-state index in [1.165, 1.54) is 18.0 Å². The quantitative estimate of drug-likeness (QED) is 0.629. The molecule has 0 radical (unpaired) electrons. The van der Waals surface area contributed by atoms with Crippen LogP contribution in [0.4, 0.5) is 17.3 Å². The van der Waals surface area contributed by atoms with Gasteiger partial charge >= 0.3 is 0 Å². The fraction of sp³-hybridized carbons (Fsp3) is 0.105. The SMILES string of the molecule is Cc1ccc(NC(=O)c2cnc(Nc3ccc(Cl)cc3Cl)nc2)cc1C. The second-order valence-corrected chi connectivity index (χ2v) is 6.64. The Kier molecular flexibility index (Phi) is 5.40. The smallest absolute Gasteiger partial charge is 0.258 e. The third kappa shape index (κ3) is 4.31. The molecule has 7 heteroatoms. The van der Waals surface area contributed by atoms with Gasteiger partial charge in [0.1, 0.15) is 0 Å². The molecular weight excluding hydrogens is 371 g/mol. The van der Waals surface area contributed by atoms with Crippen molar-refractivity contribution in [2.24, 2.45) is 0 Å². The van der Waals surface area contributed by atoms with Crippen LogP contribution in [0.15, 0.2) is 48.8 Å². The fourth-order valence-electron chi connectivity index (χ4n) is 2.24. The van der Waals surface area contributed by atoms with Crippen LogP contribution in [0.3, 0.4) is 0 Å². The molecule has 0 saturated carbocycles. The minimum atomic E-state index is -0.274. The van der Waals surface area contributed by atoms with Crippen molar-refractivity contribution in [1.82, 2.24) is 9.97 Å². The summed E-state index contributed by atoms with van der Waals surface area (Å²) in [7, 11) is 0. The molecule has 0 fully saturated rings. The van der Waals surface area contributed by atoms with Crippen LogP contribution in [0.25, 0.3) is 0 Å². The zero-order valence-corrected chi connectivity index (χ0v) is 15.7. The van der Waals surface area contributed by atoms with Gasteiger partial charge in [0.25, 0.3) is 5.91 Å². The number of amides is 1. The number of anilines is 3. The van der Waals surface area contributed by atoms with E-state index in [2.05, 4.69) is 20.6 Å². The topological polar surface area (TPSA) is 66.9 Å². The monoisotopic (exact) mass is 386 g/mol. The number of carbonyl (C=O) groups is 1. The van der Waals surface area contributed by atoms with Crippen LogP contribution >= 0.6 is 23.2 Å². The van der Waals surface area contributed by atoms with Gasteiger partial charge in [0.2, 0.25) is 5.95 Å². The van der Waals surface area contributed by atoms with Gasteiger partial charge in [-0.05, 0) is 55.3 Å². The summed E-state index contributed by atoms with van der Waals surface area (Å²) in [4.78, 5) is 20.6. The van der Waals surface area contributed by atoms with Crippen molar-refractivity contribution in [3.8, 4) is 0 Å². The number of nitrogens with zero attached hydrogens (tertiary/aromatic N) is 2. The van der Waals surface area contributed by atoms with E-state index in [0.29, 0.717) is 27.2 Å². The van der Waals surface area contributed by atoms with Crippen molar-refractivity contribution in [3.05, 3.63) is 75.5 Å². The largest absolute Gasteiger partial charge is 0.323 e. The van der Waals surface area contributed by atoms with Gasteiger partial charge in [-0.3, -0.25) is 4.79 Å². The van der Waals surface area contributed by atoms with Gasteiger partial charge in [-0.25, -0.2) is 9.97 Å². The van der Waals surface area contributed by atoms with E-state index in [1.807, 2.05) is 32.0 Å². The predicted molar refractivity (Wildman–Crippen MR) is 106 cm³/mol. The highest BCUT2D eigenvalue weighted by Crippen LogP contribution is 2.27. The van der Waals surface area contributed by atoms with Crippen LogP contribution in [-0.2, 0) is 0 Å². The zero-order chi connectivity index (χ0) is 18.7. The Balaban J connectivity index is 1.70. The normalized spacial score (nSPS) is 10.5. The average Bonchev–Trinajstić information content (AvgIpc) is 2.61. The van der Waals surface area contributed by atoms with E-state index in [-0.39, 0.29) is 5.91 Å². The molecule has 0 aliphatic rings. The van der Waals surface area contributed by atoms with Gasteiger partial charge in [0, 0.05) is 23.1 Å². The molecule has 26 heavy (non-hydrogen) atoms. The maximum atomic E-state index is 12.3. The lowest BCUT2D eigenvalue weighted by Gasteiger charge is -2.09. The molecule has 0 saturated heterocycles. The summed E-state index contributed by atoms with van der Waals surface area (Å²) < 4.78 is 0. The first-order valence-corrected chi connectivity index (χ1v) is 8.61. The van der Waals surface area contributed by atoms with E-state index < -0.39 is 0 Å². The molecule has 1 heterocycles. The van der Waals surface area contributed by atoms with Gasteiger partial charge in [-0.2, -0.15) is 0 Å². The van der Waals surface area contributed by atoms with Crippen LogP contribution in [-0.4, -0.2) is 15.9 Å². The molecule has 1 aromatic heterocycles. The number of rotatable bonds is 4. The van der Waals surface area contributed by atoms with Crippen molar-refractivity contribution >= 4 is 46.4 Å². The van der Waals surface area contributed by atoms with Gasteiger partial charge in [-0.1, -0.05) is 29.3 Å². The number of hydrogen-bond acceptors (Lipinski definition) is 4. The van der Waals surface area contributed by atoms with Crippen LogP contribution < -0.4 is 10.6 Å². The van der Waals surface area contributed by atoms with Crippen molar-refractivity contribution < 1.29 is 4.79 Å². The molecule has 3 aromatic rings. The lowest BCUT2D eigenvalue weighted by molar-refractivity contribution is 0.102. The maximum Gasteiger partial charge on any atom is 0.258 e. The number of halogens is 2. The van der Waals surface area contributed by atoms with Crippen LogP contribution in [0.1, 0.15) is 21.5 Å². The Morgan fingerprint density at radius 3 is 2.35 bits per heavy atom. The zero-order valence-electron chi connectivity index (χ0n) is 14.2. The number of carbonyl (C=O) groups excluding carboxylic acids is 1. The Hall–Kier alpha value is -2.63. The van der Waals surface area contributed by atoms with Gasteiger partial charge in [-0.15, -0.1) is 0 Å². The van der Waals surface area contributed by atoms with E-state index >= 15 is 0 Å². The molecule has 3 rings (SSSR count).